The van der Waals surface area contributed by atoms with Gasteiger partial charge in [0.15, 0.2) is 0 Å². The highest BCUT2D eigenvalue weighted by atomic mass is 35.5. The second-order valence-corrected chi connectivity index (χ2v) is 4.88. The maximum Gasteiger partial charge on any atom is 0.389 e. The van der Waals surface area contributed by atoms with Gasteiger partial charge in [0.25, 0.3) is 0 Å². The SMILES string of the molecule is O=C(O)CC(CCc1ccc(Cl)cc1)CC(F)(F)F. The van der Waals surface area contributed by atoms with E-state index >= 15 is 0 Å². The molecule has 0 spiro atoms. The molecule has 1 atom stereocenters. The van der Waals surface area contributed by atoms with Crippen LogP contribution in [0.4, 0.5) is 13.2 Å². The van der Waals surface area contributed by atoms with Crippen molar-refractivity contribution in [3.8, 4) is 0 Å². The molecule has 0 bridgehead atoms. The van der Waals surface area contributed by atoms with Crippen LogP contribution in [0.25, 0.3) is 0 Å². The van der Waals surface area contributed by atoms with E-state index in [1.165, 1.54) is 0 Å². The quantitative estimate of drug-likeness (QED) is 0.848. The predicted octanol–water partition coefficient (Wildman–Crippen LogP) is 4.32. The van der Waals surface area contributed by atoms with Gasteiger partial charge in [0, 0.05) is 17.9 Å². The third kappa shape index (κ3) is 7.06. The Morgan fingerprint density at radius 1 is 1.26 bits per heavy atom. The number of carbonyl (C=O) groups is 1. The molecule has 2 nitrogen and oxygen atoms in total. The Labute approximate surface area is 114 Å². The van der Waals surface area contributed by atoms with Crippen molar-refractivity contribution in [3.05, 3.63) is 34.9 Å². The van der Waals surface area contributed by atoms with Crippen molar-refractivity contribution in [2.75, 3.05) is 0 Å². The fourth-order valence-electron chi connectivity index (χ4n) is 1.87. The van der Waals surface area contributed by atoms with E-state index in [0.717, 1.165) is 5.56 Å². The summed E-state index contributed by atoms with van der Waals surface area (Å²) >= 11 is 5.70. The van der Waals surface area contributed by atoms with Gasteiger partial charge >= 0.3 is 12.1 Å². The highest BCUT2D eigenvalue weighted by molar-refractivity contribution is 6.30. The molecule has 0 amide bonds. The van der Waals surface area contributed by atoms with E-state index in [9.17, 15) is 18.0 Å². The van der Waals surface area contributed by atoms with Gasteiger partial charge in [-0.25, -0.2) is 0 Å². The number of hydrogen-bond acceptors (Lipinski definition) is 1. The Morgan fingerprint density at radius 2 is 1.84 bits per heavy atom. The zero-order valence-corrected chi connectivity index (χ0v) is 10.8. The van der Waals surface area contributed by atoms with Crippen LogP contribution in [-0.4, -0.2) is 17.3 Å². The van der Waals surface area contributed by atoms with E-state index < -0.39 is 30.9 Å². The monoisotopic (exact) mass is 294 g/mol. The molecule has 1 aromatic carbocycles. The lowest BCUT2D eigenvalue weighted by Crippen LogP contribution is -2.18. The van der Waals surface area contributed by atoms with Crippen molar-refractivity contribution >= 4 is 17.6 Å². The van der Waals surface area contributed by atoms with Gasteiger partial charge in [0.05, 0.1) is 0 Å². The van der Waals surface area contributed by atoms with Crippen molar-refractivity contribution in [1.29, 1.82) is 0 Å². The summed E-state index contributed by atoms with van der Waals surface area (Å²) in [6.07, 6.45) is -5.27. The molecule has 0 saturated heterocycles. The minimum Gasteiger partial charge on any atom is -0.481 e. The molecule has 1 N–H and O–H groups in total. The molecule has 0 radical (unpaired) electrons. The highest BCUT2D eigenvalue weighted by Crippen LogP contribution is 2.29. The molecule has 0 heterocycles. The average molecular weight is 295 g/mol. The highest BCUT2D eigenvalue weighted by Gasteiger charge is 2.32. The Hall–Kier alpha value is -1.23. The van der Waals surface area contributed by atoms with Gasteiger partial charge in [-0.15, -0.1) is 0 Å². The van der Waals surface area contributed by atoms with Crippen LogP contribution in [0.3, 0.4) is 0 Å². The molecular formula is C13H14ClF3O2. The first-order chi connectivity index (χ1) is 8.76. The summed E-state index contributed by atoms with van der Waals surface area (Å²) in [4.78, 5) is 10.6. The smallest absolute Gasteiger partial charge is 0.389 e. The van der Waals surface area contributed by atoms with Crippen molar-refractivity contribution in [3.63, 3.8) is 0 Å². The largest absolute Gasteiger partial charge is 0.481 e. The standard InChI is InChI=1S/C13H14ClF3O2/c14-11-5-3-9(4-6-11)1-2-10(7-12(18)19)8-13(15,16)17/h3-6,10H,1-2,7-8H2,(H,18,19). The Balaban J connectivity index is 2.57. The molecule has 0 aliphatic heterocycles. The molecule has 0 aliphatic carbocycles. The number of carboxylic acids is 1. The summed E-state index contributed by atoms with van der Waals surface area (Å²) in [7, 11) is 0. The predicted molar refractivity (Wildman–Crippen MR) is 66.2 cm³/mol. The fourth-order valence-corrected chi connectivity index (χ4v) is 2.00. The van der Waals surface area contributed by atoms with Crippen molar-refractivity contribution in [1.82, 2.24) is 0 Å². The van der Waals surface area contributed by atoms with Crippen LogP contribution in [0.1, 0.15) is 24.8 Å². The van der Waals surface area contributed by atoms with Gasteiger partial charge in [-0.2, -0.15) is 13.2 Å². The third-order valence-electron chi connectivity index (χ3n) is 2.74. The third-order valence-corrected chi connectivity index (χ3v) is 2.99. The number of rotatable bonds is 6. The fraction of sp³-hybridized carbons (Fsp3) is 0.462. The normalized spacial score (nSPS) is 13.3. The van der Waals surface area contributed by atoms with Gasteiger partial charge in [0.1, 0.15) is 0 Å². The number of aliphatic carboxylic acids is 1. The maximum atomic E-state index is 12.3. The second-order valence-electron chi connectivity index (χ2n) is 4.45. The minimum absolute atomic E-state index is 0.188. The summed E-state index contributed by atoms with van der Waals surface area (Å²) in [6, 6.07) is 6.78. The van der Waals surface area contributed by atoms with Crippen molar-refractivity contribution in [2.24, 2.45) is 5.92 Å². The van der Waals surface area contributed by atoms with Gasteiger partial charge in [-0.05, 0) is 36.5 Å². The Bertz CT molecular complexity index is 415. The van der Waals surface area contributed by atoms with E-state index in [1.807, 2.05) is 0 Å². The van der Waals surface area contributed by atoms with Crippen molar-refractivity contribution in [2.45, 2.75) is 31.9 Å². The lowest BCUT2D eigenvalue weighted by molar-refractivity contribution is -0.151. The molecular weight excluding hydrogens is 281 g/mol. The summed E-state index contributed by atoms with van der Waals surface area (Å²) in [5.74, 6) is -2.10. The lowest BCUT2D eigenvalue weighted by atomic mass is 9.93. The number of alkyl halides is 3. The molecule has 0 saturated carbocycles. The van der Waals surface area contributed by atoms with Crippen LogP contribution in [0.2, 0.25) is 5.02 Å². The first kappa shape index (κ1) is 15.8. The first-order valence-electron chi connectivity index (χ1n) is 5.79. The van der Waals surface area contributed by atoms with Crippen LogP contribution in [-0.2, 0) is 11.2 Å². The summed E-state index contributed by atoms with van der Waals surface area (Å²) in [5.41, 5.74) is 0.849. The molecule has 6 heteroatoms. The van der Waals surface area contributed by atoms with Crippen LogP contribution < -0.4 is 0 Å². The molecule has 19 heavy (non-hydrogen) atoms. The lowest BCUT2D eigenvalue weighted by Gasteiger charge is -2.16. The molecule has 0 aliphatic rings. The second kappa shape index (κ2) is 6.80. The molecule has 1 aromatic rings. The first-order valence-corrected chi connectivity index (χ1v) is 6.17. The van der Waals surface area contributed by atoms with E-state index in [0.29, 0.717) is 11.4 Å². The molecule has 106 valence electrons. The van der Waals surface area contributed by atoms with Crippen LogP contribution in [0.5, 0.6) is 0 Å². The van der Waals surface area contributed by atoms with E-state index in [-0.39, 0.29) is 6.42 Å². The Morgan fingerprint density at radius 3 is 2.32 bits per heavy atom. The number of halogens is 4. The van der Waals surface area contributed by atoms with Crippen molar-refractivity contribution < 1.29 is 23.1 Å². The van der Waals surface area contributed by atoms with Crippen LogP contribution >= 0.6 is 11.6 Å². The number of carboxylic acid groups (broad SMARTS) is 1. The van der Waals surface area contributed by atoms with E-state index in [1.54, 1.807) is 24.3 Å². The molecule has 0 fully saturated rings. The maximum absolute atomic E-state index is 12.3. The molecule has 1 unspecified atom stereocenters. The summed E-state index contributed by atoms with van der Waals surface area (Å²) in [6.45, 7) is 0. The Kier molecular flexibility index (Phi) is 5.66. The van der Waals surface area contributed by atoms with Crippen LogP contribution in [0, 0.1) is 5.92 Å². The topological polar surface area (TPSA) is 37.3 Å². The zero-order valence-electron chi connectivity index (χ0n) is 10.1. The minimum atomic E-state index is -4.33. The van der Waals surface area contributed by atoms with Crippen LogP contribution in [0.15, 0.2) is 24.3 Å². The molecule has 0 aromatic heterocycles. The van der Waals surface area contributed by atoms with Gasteiger partial charge in [-0.1, -0.05) is 23.7 Å². The number of aryl methyl sites for hydroxylation is 1. The average Bonchev–Trinajstić information content (AvgIpc) is 2.25. The number of benzene rings is 1. The zero-order chi connectivity index (χ0) is 14.5. The van der Waals surface area contributed by atoms with Gasteiger partial charge < -0.3 is 5.11 Å². The van der Waals surface area contributed by atoms with Gasteiger partial charge in [0.2, 0.25) is 0 Å². The molecule has 1 rings (SSSR count). The van der Waals surface area contributed by atoms with Gasteiger partial charge in [-0.3, -0.25) is 4.79 Å². The summed E-state index contributed by atoms with van der Waals surface area (Å²) in [5, 5.41) is 9.19. The van der Waals surface area contributed by atoms with E-state index in [2.05, 4.69) is 0 Å². The number of hydrogen-bond donors (Lipinski definition) is 1. The summed E-state index contributed by atoms with van der Waals surface area (Å²) < 4.78 is 37.0. The van der Waals surface area contributed by atoms with E-state index in [4.69, 9.17) is 16.7 Å².